The van der Waals surface area contributed by atoms with Crippen molar-refractivity contribution in [1.82, 2.24) is 0 Å². The molecule has 1 aromatic carbocycles. The average molecular weight is 316 g/mol. The van der Waals surface area contributed by atoms with Crippen molar-refractivity contribution in [1.29, 1.82) is 0 Å². The number of hydrogen-bond donors (Lipinski definition) is 2. The van der Waals surface area contributed by atoms with Gasteiger partial charge in [0.2, 0.25) is 5.91 Å². The van der Waals surface area contributed by atoms with Crippen LogP contribution in [0.15, 0.2) is 22.7 Å². The summed E-state index contributed by atoms with van der Waals surface area (Å²) < 4.78 is 0.570. The molecule has 18 heavy (non-hydrogen) atoms. The van der Waals surface area contributed by atoms with E-state index in [0.29, 0.717) is 4.47 Å². The molecular weight excluding hydrogens is 302 g/mol. The van der Waals surface area contributed by atoms with Crippen LogP contribution in [-0.2, 0) is 4.79 Å². The minimum Gasteiger partial charge on any atom is -0.320 e. The molecule has 0 aliphatic carbocycles. The summed E-state index contributed by atoms with van der Waals surface area (Å²) in [6.07, 6.45) is 0. The summed E-state index contributed by atoms with van der Waals surface area (Å²) in [7, 11) is 0. The van der Waals surface area contributed by atoms with Crippen LogP contribution in [0.2, 0.25) is 0 Å². The van der Waals surface area contributed by atoms with Crippen LogP contribution >= 0.6 is 15.9 Å². The van der Waals surface area contributed by atoms with Gasteiger partial charge in [0.05, 0.1) is 11.0 Å². The van der Waals surface area contributed by atoms with Crippen LogP contribution in [0.5, 0.6) is 0 Å². The van der Waals surface area contributed by atoms with Crippen molar-refractivity contribution in [3.63, 3.8) is 0 Å². The van der Waals surface area contributed by atoms with Crippen molar-refractivity contribution < 1.29 is 9.72 Å². The molecule has 6 nitrogen and oxygen atoms in total. The number of rotatable bonds is 4. The number of halogens is 1. The summed E-state index contributed by atoms with van der Waals surface area (Å²) in [5.41, 5.74) is 5.64. The molecule has 0 fully saturated rings. The molecule has 0 unspecified atom stereocenters. The van der Waals surface area contributed by atoms with Gasteiger partial charge in [0, 0.05) is 10.5 Å². The van der Waals surface area contributed by atoms with E-state index in [1.165, 1.54) is 12.1 Å². The SMILES string of the molecule is CC(C)[C@@H](N)C(=O)Nc1ccc(Br)cc1[N+](=O)[O-]. The fraction of sp³-hybridized carbons (Fsp3) is 0.364. The summed E-state index contributed by atoms with van der Waals surface area (Å²) in [6, 6.07) is 3.71. The van der Waals surface area contributed by atoms with Gasteiger partial charge in [0.1, 0.15) is 5.69 Å². The number of nitro groups is 1. The van der Waals surface area contributed by atoms with Gasteiger partial charge in [-0.2, -0.15) is 0 Å². The molecule has 0 spiro atoms. The van der Waals surface area contributed by atoms with E-state index >= 15 is 0 Å². The summed E-state index contributed by atoms with van der Waals surface area (Å²) in [5.74, 6) is -0.477. The Morgan fingerprint density at radius 2 is 2.11 bits per heavy atom. The Morgan fingerprint density at radius 1 is 1.50 bits per heavy atom. The number of nitrogens with one attached hydrogen (secondary N) is 1. The topological polar surface area (TPSA) is 98.3 Å². The van der Waals surface area contributed by atoms with Gasteiger partial charge in [-0.25, -0.2) is 0 Å². The highest BCUT2D eigenvalue weighted by Crippen LogP contribution is 2.28. The first-order chi connectivity index (χ1) is 8.32. The van der Waals surface area contributed by atoms with E-state index in [2.05, 4.69) is 21.2 Å². The first-order valence-corrected chi connectivity index (χ1v) is 6.12. The molecule has 1 aromatic rings. The van der Waals surface area contributed by atoms with E-state index in [4.69, 9.17) is 5.73 Å². The van der Waals surface area contributed by atoms with Crippen LogP contribution in [0, 0.1) is 16.0 Å². The number of anilines is 1. The van der Waals surface area contributed by atoms with Crippen molar-refractivity contribution in [2.75, 3.05) is 5.32 Å². The number of amides is 1. The van der Waals surface area contributed by atoms with Crippen LogP contribution < -0.4 is 11.1 Å². The maximum absolute atomic E-state index is 11.7. The number of nitro benzene ring substituents is 1. The van der Waals surface area contributed by atoms with Crippen LogP contribution in [0.4, 0.5) is 11.4 Å². The van der Waals surface area contributed by atoms with Gasteiger partial charge in [-0.05, 0) is 18.1 Å². The highest BCUT2D eigenvalue weighted by molar-refractivity contribution is 9.10. The van der Waals surface area contributed by atoms with Crippen molar-refractivity contribution in [2.24, 2.45) is 11.7 Å². The molecule has 1 atom stereocenters. The number of carbonyl (C=O) groups excluding carboxylic acids is 1. The third-order valence-corrected chi connectivity index (χ3v) is 2.93. The fourth-order valence-corrected chi connectivity index (χ4v) is 1.63. The number of hydrogen-bond acceptors (Lipinski definition) is 4. The lowest BCUT2D eigenvalue weighted by Gasteiger charge is -2.15. The van der Waals surface area contributed by atoms with Gasteiger partial charge in [-0.15, -0.1) is 0 Å². The first-order valence-electron chi connectivity index (χ1n) is 5.33. The lowest BCUT2D eigenvalue weighted by atomic mass is 10.0. The predicted molar refractivity (Wildman–Crippen MR) is 72.2 cm³/mol. The predicted octanol–water partition coefficient (Wildman–Crippen LogP) is 2.28. The number of nitrogens with two attached hydrogens (primary N) is 1. The summed E-state index contributed by atoms with van der Waals surface area (Å²) in [4.78, 5) is 22.1. The minimum absolute atomic E-state index is 0.0421. The van der Waals surface area contributed by atoms with Gasteiger partial charge in [0.25, 0.3) is 5.69 Å². The van der Waals surface area contributed by atoms with Crippen LogP contribution in [-0.4, -0.2) is 16.9 Å². The Kier molecular flexibility index (Phi) is 4.80. The Hall–Kier alpha value is -1.47. The third-order valence-electron chi connectivity index (χ3n) is 2.44. The number of carbonyl (C=O) groups is 1. The van der Waals surface area contributed by atoms with Crippen molar-refractivity contribution in [2.45, 2.75) is 19.9 Å². The Morgan fingerprint density at radius 3 is 2.61 bits per heavy atom. The van der Waals surface area contributed by atoms with E-state index in [1.54, 1.807) is 19.9 Å². The Labute approximate surface area is 113 Å². The largest absolute Gasteiger partial charge is 0.320 e. The minimum atomic E-state index is -0.701. The average Bonchev–Trinajstić information content (AvgIpc) is 2.29. The Bertz CT molecular complexity index is 477. The maximum Gasteiger partial charge on any atom is 0.293 e. The number of benzene rings is 1. The fourth-order valence-electron chi connectivity index (χ4n) is 1.28. The summed E-state index contributed by atoms with van der Waals surface area (Å²) >= 11 is 3.14. The quantitative estimate of drug-likeness (QED) is 0.657. The lowest BCUT2D eigenvalue weighted by Crippen LogP contribution is -2.39. The van der Waals surface area contributed by atoms with Crippen LogP contribution in [0.1, 0.15) is 13.8 Å². The van der Waals surface area contributed by atoms with Gasteiger partial charge >= 0.3 is 0 Å². The van der Waals surface area contributed by atoms with E-state index in [1.807, 2.05) is 0 Å². The highest BCUT2D eigenvalue weighted by atomic mass is 79.9. The van der Waals surface area contributed by atoms with E-state index in [9.17, 15) is 14.9 Å². The molecule has 0 saturated carbocycles. The molecule has 7 heteroatoms. The lowest BCUT2D eigenvalue weighted by molar-refractivity contribution is -0.384. The van der Waals surface area contributed by atoms with Gasteiger partial charge < -0.3 is 11.1 Å². The van der Waals surface area contributed by atoms with E-state index in [-0.39, 0.29) is 17.3 Å². The summed E-state index contributed by atoms with van der Waals surface area (Å²) in [5, 5.41) is 13.3. The highest BCUT2D eigenvalue weighted by Gasteiger charge is 2.21. The molecular formula is C11H14BrN3O3. The molecule has 0 aromatic heterocycles. The zero-order valence-electron chi connectivity index (χ0n) is 10.0. The van der Waals surface area contributed by atoms with Crippen molar-refractivity contribution >= 4 is 33.2 Å². The van der Waals surface area contributed by atoms with Crippen LogP contribution in [0.25, 0.3) is 0 Å². The normalized spacial score (nSPS) is 12.3. The second kappa shape index (κ2) is 5.92. The zero-order chi connectivity index (χ0) is 13.9. The first kappa shape index (κ1) is 14.6. The molecule has 0 saturated heterocycles. The zero-order valence-corrected chi connectivity index (χ0v) is 11.6. The van der Waals surface area contributed by atoms with Crippen molar-refractivity contribution in [3.05, 3.63) is 32.8 Å². The van der Waals surface area contributed by atoms with Gasteiger partial charge in [-0.3, -0.25) is 14.9 Å². The molecule has 0 heterocycles. The molecule has 0 radical (unpaired) electrons. The van der Waals surface area contributed by atoms with Crippen LogP contribution in [0.3, 0.4) is 0 Å². The molecule has 3 N–H and O–H groups in total. The Balaban J connectivity index is 2.98. The van der Waals surface area contributed by atoms with Gasteiger partial charge in [0.15, 0.2) is 0 Å². The smallest absolute Gasteiger partial charge is 0.293 e. The number of nitrogens with zero attached hydrogens (tertiary/aromatic N) is 1. The molecule has 0 aliphatic rings. The second-order valence-electron chi connectivity index (χ2n) is 4.18. The molecule has 1 amide bonds. The summed E-state index contributed by atoms with van der Waals surface area (Å²) in [6.45, 7) is 3.61. The van der Waals surface area contributed by atoms with Gasteiger partial charge in [-0.1, -0.05) is 29.8 Å². The van der Waals surface area contributed by atoms with E-state index < -0.39 is 16.9 Å². The van der Waals surface area contributed by atoms with E-state index in [0.717, 1.165) is 0 Å². The molecule has 0 aliphatic heterocycles. The third kappa shape index (κ3) is 3.51. The second-order valence-corrected chi connectivity index (χ2v) is 5.09. The standard InChI is InChI=1S/C11H14BrN3O3/c1-6(2)10(13)11(16)14-8-4-3-7(12)5-9(8)15(17)18/h3-6,10H,13H2,1-2H3,(H,14,16)/t10-/m1/s1. The maximum atomic E-state index is 11.7. The molecule has 1 rings (SSSR count). The molecule has 98 valence electrons. The molecule has 0 bridgehead atoms. The van der Waals surface area contributed by atoms with Crippen molar-refractivity contribution in [3.8, 4) is 0 Å². The monoisotopic (exact) mass is 315 g/mol.